The van der Waals surface area contributed by atoms with E-state index in [9.17, 15) is 0 Å². The van der Waals surface area contributed by atoms with Crippen LogP contribution in [0.2, 0.25) is 0 Å². The molecule has 1 atom stereocenters. The van der Waals surface area contributed by atoms with Crippen LogP contribution in [0.5, 0.6) is 11.5 Å². The van der Waals surface area contributed by atoms with Crippen molar-refractivity contribution in [2.45, 2.75) is 19.4 Å². The summed E-state index contributed by atoms with van der Waals surface area (Å²) >= 11 is 0. The predicted octanol–water partition coefficient (Wildman–Crippen LogP) is 3.74. The first kappa shape index (κ1) is 23.9. The molecule has 1 aromatic carbocycles. The molecule has 8 heteroatoms. The van der Waals surface area contributed by atoms with Crippen LogP contribution in [0.25, 0.3) is 11.3 Å². The molecule has 4 rings (SSSR count). The first-order chi connectivity index (χ1) is 16.6. The van der Waals surface area contributed by atoms with E-state index < -0.39 is 0 Å². The van der Waals surface area contributed by atoms with Crippen molar-refractivity contribution in [1.82, 2.24) is 24.8 Å². The van der Waals surface area contributed by atoms with Crippen molar-refractivity contribution in [2.24, 2.45) is 0 Å². The SMILES string of the molecule is COc1cc(-c2cncc(NC(C)c3cccnc3)n2)ccc1OCCCN1CCN(C)CC1. The number of anilines is 1. The Bertz CT molecular complexity index is 1040. The van der Waals surface area contributed by atoms with Gasteiger partial charge in [-0.1, -0.05) is 6.07 Å². The second-order valence-corrected chi connectivity index (χ2v) is 8.65. The minimum absolute atomic E-state index is 0.0643. The van der Waals surface area contributed by atoms with Crippen LogP contribution < -0.4 is 14.8 Å². The molecule has 0 saturated carbocycles. The van der Waals surface area contributed by atoms with Crippen LogP contribution in [0.1, 0.15) is 24.9 Å². The molecule has 1 unspecified atom stereocenters. The molecule has 2 aromatic heterocycles. The maximum Gasteiger partial charge on any atom is 0.161 e. The van der Waals surface area contributed by atoms with Gasteiger partial charge in [0.15, 0.2) is 11.5 Å². The number of piperazine rings is 1. The summed E-state index contributed by atoms with van der Waals surface area (Å²) in [5.74, 6) is 2.15. The van der Waals surface area contributed by atoms with Gasteiger partial charge in [-0.2, -0.15) is 0 Å². The molecule has 8 nitrogen and oxygen atoms in total. The molecular weight excluding hydrogens is 428 g/mol. The van der Waals surface area contributed by atoms with Gasteiger partial charge < -0.3 is 24.6 Å². The van der Waals surface area contributed by atoms with E-state index in [1.165, 1.54) is 0 Å². The molecule has 3 aromatic rings. The van der Waals surface area contributed by atoms with Crippen molar-refractivity contribution in [1.29, 1.82) is 0 Å². The van der Waals surface area contributed by atoms with Crippen LogP contribution in [0.3, 0.4) is 0 Å². The molecule has 0 bridgehead atoms. The van der Waals surface area contributed by atoms with Gasteiger partial charge >= 0.3 is 0 Å². The highest BCUT2D eigenvalue weighted by Gasteiger charge is 2.14. The average Bonchev–Trinajstić information content (AvgIpc) is 2.88. The summed E-state index contributed by atoms with van der Waals surface area (Å²) in [6, 6.07) is 9.93. The van der Waals surface area contributed by atoms with Crippen molar-refractivity contribution in [3.8, 4) is 22.8 Å². The third-order valence-electron chi connectivity index (χ3n) is 6.11. The lowest BCUT2D eigenvalue weighted by Gasteiger charge is -2.32. The molecule has 1 aliphatic heterocycles. The summed E-state index contributed by atoms with van der Waals surface area (Å²) in [5, 5.41) is 3.40. The summed E-state index contributed by atoms with van der Waals surface area (Å²) in [5.41, 5.74) is 2.78. The van der Waals surface area contributed by atoms with Gasteiger partial charge in [-0.05, 0) is 50.2 Å². The first-order valence-corrected chi connectivity index (χ1v) is 11.8. The topological polar surface area (TPSA) is 75.6 Å². The van der Waals surface area contributed by atoms with E-state index in [-0.39, 0.29) is 6.04 Å². The van der Waals surface area contributed by atoms with Crippen LogP contribution in [0.15, 0.2) is 55.1 Å². The molecule has 0 spiro atoms. The Morgan fingerprint density at radius 1 is 1.03 bits per heavy atom. The Morgan fingerprint density at radius 3 is 2.65 bits per heavy atom. The molecule has 0 radical (unpaired) electrons. The molecule has 1 saturated heterocycles. The Kier molecular flexibility index (Phi) is 8.27. The fraction of sp³-hybridized carbons (Fsp3) is 0.423. The van der Waals surface area contributed by atoms with Crippen LogP contribution in [0.4, 0.5) is 5.82 Å². The van der Waals surface area contributed by atoms with E-state index in [4.69, 9.17) is 14.5 Å². The van der Waals surface area contributed by atoms with E-state index in [1.807, 2.05) is 36.5 Å². The lowest BCUT2D eigenvalue weighted by Crippen LogP contribution is -2.44. The minimum Gasteiger partial charge on any atom is -0.493 e. The molecule has 1 N–H and O–H groups in total. The quantitative estimate of drug-likeness (QED) is 0.457. The zero-order chi connectivity index (χ0) is 23.8. The third-order valence-corrected chi connectivity index (χ3v) is 6.11. The predicted molar refractivity (Wildman–Crippen MR) is 134 cm³/mol. The molecule has 180 valence electrons. The lowest BCUT2D eigenvalue weighted by atomic mass is 10.1. The van der Waals surface area contributed by atoms with Crippen molar-refractivity contribution in [3.05, 3.63) is 60.7 Å². The van der Waals surface area contributed by atoms with E-state index in [0.29, 0.717) is 18.2 Å². The second-order valence-electron chi connectivity index (χ2n) is 8.65. The number of benzene rings is 1. The number of pyridine rings is 1. The molecule has 1 fully saturated rings. The van der Waals surface area contributed by atoms with Gasteiger partial charge in [0.1, 0.15) is 5.82 Å². The fourth-order valence-electron chi connectivity index (χ4n) is 4.00. The van der Waals surface area contributed by atoms with Gasteiger partial charge in [0.05, 0.1) is 37.8 Å². The third kappa shape index (κ3) is 6.42. The maximum atomic E-state index is 6.04. The van der Waals surface area contributed by atoms with Crippen LogP contribution in [0, 0.1) is 0 Å². The average molecular weight is 463 g/mol. The first-order valence-electron chi connectivity index (χ1n) is 11.8. The monoisotopic (exact) mass is 462 g/mol. The summed E-state index contributed by atoms with van der Waals surface area (Å²) in [7, 11) is 3.84. The van der Waals surface area contributed by atoms with E-state index in [2.05, 4.69) is 39.1 Å². The number of hydrogen-bond donors (Lipinski definition) is 1. The standard InChI is InChI=1S/C26H34N6O2/c1-20(22-6-4-9-27-17-22)29-26-19-28-18-23(30-26)21-7-8-24(25(16-21)33-3)34-15-5-10-32-13-11-31(2)12-14-32/h4,6-9,16-20H,5,10-15H2,1-3H3,(H,29,30). The summed E-state index contributed by atoms with van der Waals surface area (Å²) in [6.07, 6.45) is 8.09. The van der Waals surface area contributed by atoms with Crippen LogP contribution in [-0.2, 0) is 0 Å². The molecule has 1 aliphatic rings. The van der Waals surface area contributed by atoms with Crippen molar-refractivity contribution < 1.29 is 9.47 Å². The summed E-state index contributed by atoms with van der Waals surface area (Å²) in [6.45, 7) is 8.32. The molecule has 0 amide bonds. The number of nitrogens with zero attached hydrogens (tertiary/aromatic N) is 5. The van der Waals surface area contributed by atoms with Gasteiger partial charge in [0.25, 0.3) is 0 Å². The molecule has 3 heterocycles. The lowest BCUT2D eigenvalue weighted by molar-refractivity contribution is 0.145. The number of methoxy groups -OCH3 is 1. The van der Waals surface area contributed by atoms with Gasteiger partial charge in [-0.15, -0.1) is 0 Å². The highest BCUT2D eigenvalue weighted by atomic mass is 16.5. The zero-order valence-corrected chi connectivity index (χ0v) is 20.3. The zero-order valence-electron chi connectivity index (χ0n) is 20.3. The van der Waals surface area contributed by atoms with Gasteiger partial charge in [0.2, 0.25) is 0 Å². The number of aromatic nitrogens is 3. The number of likely N-dealkylation sites (N-methyl/N-ethyl adjacent to an activating group) is 1. The minimum atomic E-state index is 0.0643. The second kappa shape index (κ2) is 11.8. The molecule has 0 aliphatic carbocycles. The smallest absolute Gasteiger partial charge is 0.161 e. The highest BCUT2D eigenvalue weighted by Crippen LogP contribution is 2.32. The maximum absolute atomic E-state index is 6.04. The summed E-state index contributed by atoms with van der Waals surface area (Å²) < 4.78 is 11.6. The van der Waals surface area contributed by atoms with Crippen molar-refractivity contribution >= 4 is 5.82 Å². The Hall–Kier alpha value is -3.23. The number of nitrogens with one attached hydrogen (secondary N) is 1. The Balaban J connectivity index is 1.36. The van der Waals surface area contributed by atoms with Gasteiger partial charge in [-0.25, -0.2) is 4.98 Å². The Morgan fingerprint density at radius 2 is 1.88 bits per heavy atom. The fourth-order valence-corrected chi connectivity index (χ4v) is 4.00. The number of rotatable bonds is 10. The van der Waals surface area contributed by atoms with Crippen molar-refractivity contribution in [3.63, 3.8) is 0 Å². The number of hydrogen-bond acceptors (Lipinski definition) is 8. The van der Waals surface area contributed by atoms with E-state index in [0.717, 1.165) is 61.7 Å². The Labute approximate surface area is 202 Å². The molecule has 34 heavy (non-hydrogen) atoms. The van der Waals surface area contributed by atoms with E-state index >= 15 is 0 Å². The highest BCUT2D eigenvalue weighted by molar-refractivity contribution is 5.64. The largest absolute Gasteiger partial charge is 0.493 e. The molecular formula is C26H34N6O2. The van der Waals surface area contributed by atoms with Crippen LogP contribution >= 0.6 is 0 Å². The van der Waals surface area contributed by atoms with Crippen molar-refractivity contribution in [2.75, 3.05) is 58.8 Å². The normalized spacial score (nSPS) is 15.6. The van der Waals surface area contributed by atoms with E-state index in [1.54, 1.807) is 25.7 Å². The van der Waals surface area contributed by atoms with Gasteiger partial charge in [0, 0.05) is 50.7 Å². The van der Waals surface area contributed by atoms with Crippen LogP contribution in [-0.4, -0.2) is 78.2 Å². The number of ether oxygens (including phenoxy) is 2. The summed E-state index contributed by atoms with van der Waals surface area (Å²) in [4.78, 5) is 18.2. The van der Waals surface area contributed by atoms with Gasteiger partial charge in [-0.3, -0.25) is 9.97 Å².